The van der Waals surface area contributed by atoms with Crippen LogP contribution in [-0.4, -0.2) is 96.5 Å². The smallest absolute Gasteiger partial charge is 0.248 e. The monoisotopic (exact) mass is 642 g/mol. The maximum Gasteiger partial charge on any atom is 0.248 e. The van der Waals surface area contributed by atoms with Gasteiger partial charge >= 0.3 is 0 Å². The summed E-state index contributed by atoms with van der Waals surface area (Å²) in [5.74, 6) is -1.02. The molecule has 1 unspecified atom stereocenters. The summed E-state index contributed by atoms with van der Waals surface area (Å²) >= 11 is 1.57. The molecule has 1 spiro atoms. The lowest BCUT2D eigenvalue weighted by Crippen LogP contribution is -2.53. The lowest BCUT2D eigenvalue weighted by atomic mass is 9.78. The number of aliphatic hydroxyl groups is 1. The highest BCUT2D eigenvalue weighted by Gasteiger charge is 2.71. The maximum atomic E-state index is 14.6. The summed E-state index contributed by atoms with van der Waals surface area (Å²) in [7, 11) is 0. The molecule has 11 nitrogen and oxygen atoms in total. The Kier molecular flexibility index (Phi) is 8.33. The second-order valence-corrected chi connectivity index (χ2v) is 13.6. The first-order valence-electron chi connectivity index (χ1n) is 16.0. The van der Waals surface area contributed by atoms with E-state index in [0.717, 1.165) is 28.9 Å². The van der Waals surface area contributed by atoms with E-state index in [2.05, 4.69) is 10.3 Å². The number of carbonyl (C=O) groups is 3. The topological polar surface area (TPSA) is 121 Å². The minimum atomic E-state index is -0.901. The van der Waals surface area contributed by atoms with Crippen LogP contribution >= 0.6 is 11.8 Å². The molecule has 4 aliphatic heterocycles. The third-order valence-corrected chi connectivity index (χ3v) is 11.2. The number of fused-ring (bicyclic) bond motifs is 3. The van der Waals surface area contributed by atoms with Gasteiger partial charge in [0.25, 0.3) is 0 Å². The van der Waals surface area contributed by atoms with Gasteiger partial charge in [-0.25, -0.2) is 4.68 Å². The number of anilines is 1. The molecule has 4 aliphatic rings. The molecule has 0 saturated carbocycles. The van der Waals surface area contributed by atoms with Crippen LogP contribution in [0.25, 0.3) is 11.0 Å². The van der Waals surface area contributed by atoms with Crippen molar-refractivity contribution in [2.75, 3.05) is 37.7 Å². The van der Waals surface area contributed by atoms with E-state index >= 15 is 0 Å². The zero-order valence-electron chi connectivity index (χ0n) is 25.8. The number of thioether (sulfide) groups is 1. The number of likely N-dealkylation sites (tertiary alicyclic amines) is 1. The van der Waals surface area contributed by atoms with E-state index in [1.807, 2.05) is 79.8 Å². The number of para-hydroxylation sites is 1. The minimum absolute atomic E-state index is 0.0765. The molecule has 0 radical (unpaired) electrons. The lowest BCUT2D eigenvalue weighted by Gasteiger charge is -2.35. The zero-order chi connectivity index (χ0) is 31.8. The molecule has 0 bridgehead atoms. The van der Waals surface area contributed by atoms with Gasteiger partial charge in [0, 0.05) is 37.2 Å². The van der Waals surface area contributed by atoms with Gasteiger partial charge in [-0.2, -0.15) is 0 Å². The highest BCUT2D eigenvalue weighted by Crippen LogP contribution is 2.61. The van der Waals surface area contributed by atoms with E-state index in [1.165, 1.54) is 0 Å². The van der Waals surface area contributed by atoms with Crippen LogP contribution in [0.1, 0.15) is 26.2 Å². The molecule has 5 atom stereocenters. The molecule has 3 amide bonds. The molecule has 1 N–H and O–H groups in total. The fourth-order valence-corrected chi connectivity index (χ4v) is 9.43. The number of hydrogen-bond donors (Lipinski definition) is 1. The number of rotatable bonds is 10. The fourth-order valence-electron chi connectivity index (χ4n) is 7.43. The van der Waals surface area contributed by atoms with Crippen LogP contribution in [0.5, 0.6) is 5.75 Å². The predicted molar refractivity (Wildman–Crippen MR) is 175 cm³/mol. The molecule has 5 heterocycles. The summed E-state index contributed by atoms with van der Waals surface area (Å²) in [5.41, 5.74) is 2.31. The highest BCUT2D eigenvalue weighted by atomic mass is 32.2. The van der Waals surface area contributed by atoms with Crippen molar-refractivity contribution in [2.24, 2.45) is 11.8 Å². The van der Waals surface area contributed by atoms with Crippen LogP contribution < -0.4 is 9.64 Å². The molecule has 0 aliphatic carbocycles. The number of amides is 3. The summed E-state index contributed by atoms with van der Waals surface area (Å²) in [6.07, 6.45) is 10.1. The Morgan fingerprint density at radius 2 is 1.80 bits per heavy atom. The summed E-state index contributed by atoms with van der Waals surface area (Å²) in [6.45, 7) is 3.87. The molecule has 46 heavy (non-hydrogen) atoms. The number of ether oxygens (including phenoxy) is 1. The van der Waals surface area contributed by atoms with E-state index in [1.54, 1.807) is 31.1 Å². The van der Waals surface area contributed by atoms with Crippen molar-refractivity contribution in [3.05, 3.63) is 72.8 Å². The molecular weight excluding hydrogens is 604 g/mol. The van der Waals surface area contributed by atoms with Crippen molar-refractivity contribution in [2.45, 2.75) is 48.9 Å². The van der Waals surface area contributed by atoms with Gasteiger partial charge in [0.15, 0.2) is 0 Å². The van der Waals surface area contributed by atoms with Crippen LogP contribution in [0.4, 0.5) is 5.69 Å². The Morgan fingerprint density at radius 1 is 0.978 bits per heavy atom. The maximum absolute atomic E-state index is 14.6. The van der Waals surface area contributed by atoms with Gasteiger partial charge in [0.2, 0.25) is 17.7 Å². The van der Waals surface area contributed by atoms with Gasteiger partial charge in [0.1, 0.15) is 24.0 Å². The van der Waals surface area contributed by atoms with Crippen molar-refractivity contribution in [1.82, 2.24) is 24.8 Å². The number of benzene rings is 2. The van der Waals surface area contributed by atoms with Crippen LogP contribution in [0.3, 0.4) is 0 Å². The molecule has 1 aromatic heterocycles. The van der Waals surface area contributed by atoms with Gasteiger partial charge < -0.3 is 24.5 Å². The molecule has 12 heteroatoms. The van der Waals surface area contributed by atoms with Crippen LogP contribution in [0, 0.1) is 11.8 Å². The largest absolute Gasteiger partial charge is 0.494 e. The van der Waals surface area contributed by atoms with E-state index in [4.69, 9.17) is 4.74 Å². The van der Waals surface area contributed by atoms with Gasteiger partial charge in [-0.15, -0.1) is 16.9 Å². The average molecular weight is 643 g/mol. The normalized spacial score (nSPS) is 27.2. The SMILES string of the molecule is CCOc1ccc(N2CC=C[C@H]3S[C@]45C=CCN(Cn6nnc7ccccc76)C(=O)C4N(CCCCCO)C(=O)[C@@H]5[C@H]3C2=O)cc1. The second-order valence-electron chi connectivity index (χ2n) is 12.1. The third kappa shape index (κ3) is 5.07. The summed E-state index contributed by atoms with van der Waals surface area (Å²) in [6, 6.07) is 14.3. The van der Waals surface area contributed by atoms with Crippen LogP contribution in [0.15, 0.2) is 72.8 Å². The van der Waals surface area contributed by atoms with Gasteiger partial charge in [-0.3, -0.25) is 14.4 Å². The Labute approximate surface area is 271 Å². The van der Waals surface area contributed by atoms with E-state index in [9.17, 15) is 19.5 Å². The first-order chi connectivity index (χ1) is 22.5. The molecule has 240 valence electrons. The molecule has 2 aromatic carbocycles. The lowest BCUT2D eigenvalue weighted by molar-refractivity contribution is -0.143. The Balaban J connectivity index is 1.23. The number of aliphatic hydroxyl groups excluding tert-OH is 1. The zero-order valence-corrected chi connectivity index (χ0v) is 26.6. The van der Waals surface area contributed by atoms with Crippen LogP contribution in [-0.2, 0) is 21.1 Å². The first kappa shape index (κ1) is 30.5. The second kappa shape index (κ2) is 12.6. The predicted octanol–water partition coefficient (Wildman–Crippen LogP) is 3.25. The van der Waals surface area contributed by atoms with Gasteiger partial charge in [0.05, 0.1) is 28.7 Å². The number of unbranched alkanes of at least 4 members (excludes halogenated alkanes) is 2. The fraction of sp³-hybridized carbons (Fsp3) is 0.441. The summed E-state index contributed by atoms with van der Waals surface area (Å²) in [4.78, 5) is 48.9. The van der Waals surface area contributed by atoms with Gasteiger partial charge in [-0.05, 0) is 62.6 Å². The van der Waals surface area contributed by atoms with Crippen molar-refractivity contribution < 1.29 is 24.2 Å². The van der Waals surface area contributed by atoms with E-state index in [0.29, 0.717) is 39.1 Å². The molecular formula is C34H38N6O5S. The average Bonchev–Trinajstić information content (AvgIpc) is 3.62. The third-order valence-electron chi connectivity index (χ3n) is 9.48. The first-order valence-corrected chi connectivity index (χ1v) is 16.9. The van der Waals surface area contributed by atoms with Gasteiger partial charge in [-0.1, -0.05) is 41.7 Å². The number of aromatic nitrogens is 3. The van der Waals surface area contributed by atoms with Crippen molar-refractivity contribution in [3.8, 4) is 5.75 Å². The van der Waals surface area contributed by atoms with Crippen molar-refractivity contribution in [1.29, 1.82) is 0 Å². The molecule has 2 fully saturated rings. The quantitative estimate of drug-likeness (QED) is 0.264. The summed E-state index contributed by atoms with van der Waals surface area (Å²) < 4.78 is 6.42. The van der Waals surface area contributed by atoms with Crippen molar-refractivity contribution in [3.63, 3.8) is 0 Å². The highest BCUT2D eigenvalue weighted by molar-refractivity contribution is 8.02. The Bertz CT molecular complexity index is 1690. The van der Waals surface area contributed by atoms with E-state index < -0.39 is 22.6 Å². The summed E-state index contributed by atoms with van der Waals surface area (Å²) in [5, 5.41) is 17.7. The number of hydrogen-bond acceptors (Lipinski definition) is 8. The molecule has 2 saturated heterocycles. The molecule has 3 aromatic rings. The Hall–Kier alpha value is -4.16. The number of carbonyl (C=O) groups excluding carboxylic acids is 3. The Morgan fingerprint density at radius 3 is 2.61 bits per heavy atom. The molecule has 7 rings (SSSR count). The minimum Gasteiger partial charge on any atom is -0.494 e. The van der Waals surface area contributed by atoms with Crippen molar-refractivity contribution >= 4 is 46.2 Å². The standard InChI is InChI=1S/C34H38N6O5S/c1-2-45-24-15-13-23(14-16-24)38-20-8-12-27-28(31(38)42)29-32(43)39(19-6-3-7-21-41)30-33(44)37(18-9-17-34(29,30)46-27)22-40-26-11-5-4-10-25(26)35-36-40/h4-5,8-17,27-30,41H,2-3,6-7,18-22H2,1H3/t27-,28+,29+,30?,34+/m1/s1. The van der Waals surface area contributed by atoms with E-state index in [-0.39, 0.29) is 36.2 Å². The van der Waals surface area contributed by atoms with Crippen LogP contribution in [0.2, 0.25) is 0 Å². The number of nitrogens with zero attached hydrogens (tertiary/aromatic N) is 6.